The van der Waals surface area contributed by atoms with Crippen LogP contribution in [0.15, 0.2) is 48.5 Å². The van der Waals surface area contributed by atoms with Gasteiger partial charge < -0.3 is 20.3 Å². The lowest BCUT2D eigenvalue weighted by molar-refractivity contribution is 0.173. The highest BCUT2D eigenvalue weighted by atomic mass is 16.5. The molecule has 126 valence electrons. The Balaban J connectivity index is 1.63. The molecule has 0 fully saturated rings. The third-order valence-electron chi connectivity index (χ3n) is 4.12. The summed E-state index contributed by atoms with van der Waals surface area (Å²) in [4.78, 5) is 14.2. The number of nitrogens with one attached hydrogen (secondary N) is 2. The first kappa shape index (κ1) is 16.3. The molecule has 5 heteroatoms. The number of para-hydroxylation sites is 1. The van der Waals surface area contributed by atoms with Crippen molar-refractivity contribution in [2.45, 2.75) is 19.4 Å². The molecular formula is C19H23N3O2. The SMILES string of the molecule is COC[C@H](C)NC(=O)Nc1ccc(N2CCc3ccccc32)cc1. The van der Waals surface area contributed by atoms with Crippen molar-refractivity contribution in [2.75, 3.05) is 30.5 Å². The molecule has 2 N–H and O–H groups in total. The van der Waals surface area contributed by atoms with Gasteiger partial charge >= 0.3 is 6.03 Å². The van der Waals surface area contributed by atoms with Crippen molar-refractivity contribution in [1.82, 2.24) is 5.32 Å². The fourth-order valence-corrected chi connectivity index (χ4v) is 3.01. The van der Waals surface area contributed by atoms with Crippen molar-refractivity contribution in [3.8, 4) is 0 Å². The van der Waals surface area contributed by atoms with E-state index in [2.05, 4.69) is 39.8 Å². The van der Waals surface area contributed by atoms with E-state index in [4.69, 9.17) is 4.74 Å². The number of fused-ring (bicyclic) bond motifs is 1. The van der Waals surface area contributed by atoms with Gasteiger partial charge in [0.05, 0.1) is 12.6 Å². The van der Waals surface area contributed by atoms with Crippen molar-refractivity contribution < 1.29 is 9.53 Å². The highest BCUT2D eigenvalue weighted by Crippen LogP contribution is 2.34. The number of ether oxygens (including phenoxy) is 1. The second-order valence-corrected chi connectivity index (χ2v) is 6.03. The standard InChI is InChI=1S/C19H23N3O2/c1-14(13-24-2)20-19(23)21-16-7-9-17(10-8-16)22-12-11-15-5-3-4-6-18(15)22/h3-10,14H,11-13H2,1-2H3,(H2,20,21,23)/t14-/m0/s1. The van der Waals surface area contributed by atoms with Gasteiger partial charge in [-0.25, -0.2) is 4.79 Å². The fraction of sp³-hybridized carbons (Fsp3) is 0.316. The lowest BCUT2D eigenvalue weighted by Gasteiger charge is -2.20. The third-order valence-corrected chi connectivity index (χ3v) is 4.12. The van der Waals surface area contributed by atoms with Gasteiger partial charge in [0.1, 0.15) is 0 Å². The summed E-state index contributed by atoms with van der Waals surface area (Å²) in [5.74, 6) is 0. The van der Waals surface area contributed by atoms with Crippen LogP contribution < -0.4 is 15.5 Å². The van der Waals surface area contributed by atoms with Gasteiger partial charge in [-0.15, -0.1) is 0 Å². The van der Waals surface area contributed by atoms with E-state index in [1.54, 1.807) is 7.11 Å². The molecule has 0 aromatic heterocycles. The first-order chi connectivity index (χ1) is 11.7. The zero-order chi connectivity index (χ0) is 16.9. The summed E-state index contributed by atoms with van der Waals surface area (Å²) >= 11 is 0. The molecule has 0 saturated heterocycles. The molecule has 0 unspecified atom stereocenters. The van der Waals surface area contributed by atoms with Gasteiger partial charge in [-0.05, 0) is 49.2 Å². The Morgan fingerprint density at radius 2 is 1.96 bits per heavy atom. The van der Waals surface area contributed by atoms with Crippen LogP contribution in [0.5, 0.6) is 0 Å². The molecule has 24 heavy (non-hydrogen) atoms. The Kier molecular flexibility index (Phi) is 5.01. The Morgan fingerprint density at radius 3 is 2.71 bits per heavy atom. The summed E-state index contributed by atoms with van der Waals surface area (Å²) in [5, 5.41) is 5.67. The average molecular weight is 325 g/mol. The van der Waals surface area contributed by atoms with Crippen LogP contribution in [-0.2, 0) is 11.2 Å². The molecular weight excluding hydrogens is 302 g/mol. The summed E-state index contributed by atoms with van der Waals surface area (Å²) in [5.41, 5.74) is 4.56. The minimum atomic E-state index is -0.223. The number of urea groups is 1. The zero-order valence-electron chi connectivity index (χ0n) is 14.1. The van der Waals surface area contributed by atoms with Crippen LogP contribution in [0.25, 0.3) is 0 Å². The maximum Gasteiger partial charge on any atom is 0.319 e. The number of hydrogen-bond acceptors (Lipinski definition) is 3. The number of amides is 2. The van der Waals surface area contributed by atoms with E-state index in [0.717, 1.165) is 24.3 Å². The van der Waals surface area contributed by atoms with Gasteiger partial charge in [0, 0.05) is 30.7 Å². The molecule has 1 aliphatic rings. The lowest BCUT2D eigenvalue weighted by Crippen LogP contribution is -2.38. The summed E-state index contributed by atoms with van der Waals surface area (Å²) in [6.45, 7) is 3.37. The van der Waals surface area contributed by atoms with Gasteiger partial charge in [-0.1, -0.05) is 18.2 Å². The molecule has 0 saturated carbocycles. The number of rotatable bonds is 5. The first-order valence-electron chi connectivity index (χ1n) is 8.19. The summed E-state index contributed by atoms with van der Waals surface area (Å²) < 4.78 is 5.01. The molecule has 1 atom stereocenters. The van der Waals surface area contributed by atoms with E-state index >= 15 is 0 Å². The Labute approximate surface area is 142 Å². The number of benzene rings is 2. The van der Waals surface area contributed by atoms with Gasteiger partial charge in [-0.2, -0.15) is 0 Å². The van der Waals surface area contributed by atoms with E-state index < -0.39 is 0 Å². The van der Waals surface area contributed by atoms with E-state index in [1.807, 2.05) is 31.2 Å². The van der Waals surface area contributed by atoms with Crippen molar-refractivity contribution >= 4 is 23.1 Å². The van der Waals surface area contributed by atoms with Crippen LogP contribution in [0.4, 0.5) is 21.9 Å². The second kappa shape index (κ2) is 7.36. The maximum atomic E-state index is 11.9. The molecule has 0 bridgehead atoms. The predicted octanol–water partition coefficient (Wildman–Crippen LogP) is 3.54. The predicted molar refractivity (Wildman–Crippen MR) is 97.1 cm³/mol. The van der Waals surface area contributed by atoms with E-state index in [-0.39, 0.29) is 12.1 Å². The minimum absolute atomic E-state index is 0.0321. The average Bonchev–Trinajstić information content (AvgIpc) is 2.99. The molecule has 3 rings (SSSR count). The van der Waals surface area contributed by atoms with E-state index in [1.165, 1.54) is 11.3 Å². The van der Waals surface area contributed by atoms with Gasteiger partial charge in [0.15, 0.2) is 0 Å². The molecule has 2 aromatic carbocycles. The third kappa shape index (κ3) is 3.68. The molecule has 2 amide bonds. The summed E-state index contributed by atoms with van der Waals surface area (Å²) in [6.07, 6.45) is 1.07. The molecule has 0 aliphatic carbocycles. The van der Waals surface area contributed by atoms with Crippen LogP contribution >= 0.6 is 0 Å². The summed E-state index contributed by atoms with van der Waals surface area (Å²) in [7, 11) is 1.62. The molecule has 2 aromatic rings. The summed E-state index contributed by atoms with van der Waals surface area (Å²) in [6, 6.07) is 16.2. The lowest BCUT2D eigenvalue weighted by atomic mass is 10.2. The van der Waals surface area contributed by atoms with Crippen LogP contribution in [-0.4, -0.2) is 32.3 Å². The quantitative estimate of drug-likeness (QED) is 0.884. The van der Waals surface area contributed by atoms with Crippen molar-refractivity contribution in [1.29, 1.82) is 0 Å². The Hall–Kier alpha value is -2.53. The highest BCUT2D eigenvalue weighted by Gasteiger charge is 2.19. The minimum Gasteiger partial charge on any atom is -0.383 e. The van der Waals surface area contributed by atoms with Crippen molar-refractivity contribution in [3.63, 3.8) is 0 Å². The van der Waals surface area contributed by atoms with Gasteiger partial charge in [0.25, 0.3) is 0 Å². The number of carbonyl (C=O) groups excluding carboxylic acids is 1. The van der Waals surface area contributed by atoms with E-state index in [0.29, 0.717) is 6.61 Å². The molecule has 0 radical (unpaired) electrons. The normalized spacial score (nSPS) is 14.2. The number of carbonyl (C=O) groups is 1. The number of hydrogen-bond donors (Lipinski definition) is 2. The largest absolute Gasteiger partial charge is 0.383 e. The monoisotopic (exact) mass is 325 g/mol. The van der Waals surface area contributed by atoms with Crippen LogP contribution in [0, 0.1) is 0 Å². The molecule has 1 heterocycles. The molecule has 5 nitrogen and oxygen atoms in total. The van der Waals surface area contributed by atoms with E-state index in [9.17, 15) is 4.79 Å². The Morgan fingerprint density at radius 1 is 1.21 bits per heavy atom. The smallest absolute Gasteiger partial charge is 0.319 e. The topological polar surface area (TPSA) is 53.6 Å². The van der Waals surface area contributed by atoms with Crippen LogP contribution in [0.2, 0.25) is 0 Å². The van der Waals surface area contributed by atoms with Crippen molar-refractivity contribution in [2.24, 2.45) is 0 Å². The molecule has 0 spiro atoms. The number of anilines is 3. The van der Waals surface area contributed by atoms with Crippen molar-refractivity contribution in [3.05, 3.63) is 54.1 Å². The second-order valence-electron chi connectivity index (χ2n) is 6.03. The molecule has 1 aliphatic heterocycles. The zero-order valence-corrected chi connectivity index (χ0v) is 14.1. The Bertz CT molecular complexity index is 700. The first-order valence-corrected chi connectivity index (χ1v) is 8.19. The van der Waals surface area contributed by atoms with Crippen LogP contribution in [0.3, 0.4) is 0 Å². The highest BCUT2D eigenvalue weighted by molar-refractivity contribution is 5.89. The maximum absolute atomic E-state index is 11.9. The van der Waals surface area contributed by atoms with Gasteiger partial charge in [-0.3, -0.25) is 0 Å². The fourth-order valence-electron chi connectivity index (χ4n) is 3.01. The number of nitrogens with zero attached hydrogens (tertiary/aromatic N) is 1. The number of methoxy groups -OCH3 is 1. The van der Waals surface area contributed by atoms with Gasteiger partial charge in [0.2, 0.25) is 0 Å². The van der Waals surface area contributed by atoms with Crippen LogP contribution in [0.1, 0.15) is 12.5 Å².